The fourth-order valence-corrected chi connectivity index (χ4v) is 2.41. The van der Waals surface area contributed by atoms with Gasteiger partial charge in [0.05, 0.1) is 6.54 Å². The highest BCUT2D eigenvalue weighted by Crippen LogP contribution is 2.18. The third kappa shape index (κ3) is 3.19. The molecule has 3 rings (SSSR count). The molecule has 0 spiro atoms. The number of hydrogen-bond acceptors (Lipinski definition) is 3. The number of aromatic nitrogens is 4. The van der Waals surface area contributed by atoms with Gasteiger partial charge in [0.25, 0.3) is 0 Å². The number of benzene rings is 2. The maximum atomic E-state index is 4.46. The summed E-state index contributed by atoms with van der Waals surface area (Å²) in [5.74, 6) is 0.646. The molecule has 3 aromatic rings. The molecule has 0 aliphatic rings. The van der Waals surface area contributed by atoms with Crippen LogP contribution in [0.1, 0.15) is 16.7 Å². The molecule has 0 saturated carbocycles. The molecule has 0 fully saturated rings. The standard InChI is InChI=1S/C16H15BrN4/c1-11-3-4-12(2)14(9-11)10-21-19-16(18-20-21)13-5-7-15(17)8-6-13/h3-9H,10H2,1-2H3. The number of rotatable bonds is 3. The first-order chi connectivity index (χ1) is 10.1. The predicted octanol–water partition coefficient (Wildman–Crippen LogP) is 3.77. The third-order valence-electron chi connectivity index (χ3n) is 3.37. The number of hydrogen-bond donors (Lipinski definition) is 0. The molecule has 21 heavy (non-hydrogen) atoms. The van der Waals surface area contributed by atoms with E-state index >= 15 is 0 Å². The van der Waals surface area contributed by atoms with Crippen molar-refractivity contribution in [2.75, 3.05) is 0 Å². The topological polar surface area (TPSA) is 43.6 Å². The summed E-state index contributed by atoms with van der Waals surface area (Å²) in [6.07, 6.45) is 0. The Balaban J connectivity index is 1.85. The average Bonchev–Trinajstić information content (AvgIpc) is 2.92. The van der Waals surface area contributed by atoms with Gasteiger partial charge in [0.2, 0.25) is 5.82 Å². The van der Waals surface area contributed by atoms with Crippen molar-refractivity contribution in [1.82, 2.24) is 20.2 Å². The fourth-order valence-electron chi connectivity index (χ4n) is 2.15. The molecule has 0 aliphatic carbocycles. The summed E-state index contributed by atoms with van der Waals surface area (Å²) in [4.78, 5) is 1.64. The zero-order chi connectivity index (χ0) is 14.8. The Bertz CT molecular complexity index is 762. The largest absolute Gasteiger partial charge is 0.204 e. The Labute approximate surface area is 131 Å². The van der Waals surface area contributed by atoms with E-state index in [2.05, 4.69) is 63.4 Å². The molecule has 0 bridgehead atoms. The quantitative estimate of drug-likeness (QED) is 0.727. The summed E-state index contributed by atoms with van der Waals surface area (Å²) in [6, 6.07) is 14.3. The number of nitrogens with zero attached hydrogens (tertiary/aromatic N) is 4. The molecular weight excluding hydrogens is 328 g/mol. The minimum Gasteiger partial charge on any atom is -0.159 e. The first-order valence-electron chi connectivity index (χ1n) is 6.72. The van der Waals surface area contributed by atoms with Crippen LogP contribution < -0.4 is 0 Å². The van der Waals surface area contributed by atoms with E-state index in [1.54, 1.807) is 4.80 Å². The van der Waals surface area contributed by atoms with Crippen LogP contribution in [0.25, 0.3) is 11.4 Å². The van der Waals surface area contributed by atoms with Crippen LogP contribution in [0, 0.1) is 13.8 Å². The van der Waals surface area contributed by atoms with Crippen molar-refractivity contribution in [3.8, 4) is 11.4 Å². The minimum atomic E-state index is 0.636. The lowest BCUT2D eigenvalue weighted by atomic mass is 10.1. The zero-order valence-corrected chi connectivity index (χ0v) is 13.5. The number of aryl methyl sites for hydroxylation is 2. The lowest BCUT2D eigenvalue weighted by Gasteiger charge is -2.05. The molecule has 4 nitrogen and oxygen atoms in total. The summed E-state index contributed by atoms with van der Waals surface area (Å²) < 4.78 is 1.04. The van der Waals surface area contributed by atoms with Gasteiger partial charge in [-0.1, -0.05) is 39.7 Å². The maximum Gasteiger partial charge on any atom is 0.204 e. The minimum absolute atomic E-state index is 0.636. The van der Waals surface area contributed by atoms with Gasteiger partial charge in [0, 0.05) is 10.0 Å². The summed E-state index contributed by atoms with van der Waals surface area (Å²) in [6.45, 7) is 4.82. The molecule has 1 aromatic heterocycles. The van der Waals surface area contributed by atoms with Crippen molar-refractivity contribution in [2.45, 2.75) is 20.4 Å². The first kappa shape index (κ1) is 13.9. The smallest absolute Gasteiger partial charge is 0.159 e. The second kappa shape index (κ2) is 5.77. The molecule has 0 atom stereocenters. The van der Waals surface area contributed by atoms with Gasteiger partial charge in [-0.2, -0.15) is 4.80 Å². The van der Waals surface area contributed by atoms with Crippen molar-refractivity contribution < 1.29 is 0 Å². The highest BCUT2D eigenvalue weighted by Gasteiger charge is 2.07. The van der Waals surface area contributed by atoms with E-state index in [1.165, 1.54) is 16.7 Å². The summed E-state index contributed by atoms with van der Waals surface area (Å²) >= 11 is 3.42. The van der Waals surface area contributed by atoms with Crippen LogP contribution in [0.4, 0.5) is 0 Å². The van der Waals surface area contributed by atoms with Gasteiger partial charge in [-0.05, 0) is 54.5 Å². The highest BCUT2D eigenvalue weighted by molar-refractivity contribution is 9.10. The molecule has 1 heterocycles. The van der Waals surface area contributed by atoms with Crippen molar-refractivity contribution in [3.05, 3.63) is 63.6 Å². The molecule has 5 heteroatoms. The number of halogens is 1. The summed E-state index contributed by atoms with van der Waals surface area (Å²) in [5.41, 5.74) is 4.66. The lowest BCUT2D eigenvalue weighted by molar-refractivity contribution is 0.571. The maximum absolute atomic E-state index is 4.46. The molecule has 0 amide bonds. The van der Waals surface area contributed by atoms with E-state index in [1.807, 2.05) is 24.3 Å². The molecule has 0 N–H and O–H groups in total. The monoisotopic (exact) mass is 342 g/mol. The first-order valence-corrected chi connectivity index (χ1v) is 7.51. The average molecular weight is 343 g/mol. The van der Waals surface area contributed by atoms with E-state index in [9.17, 15) is 0 Å². The normalized spacial score (nSPS) is 10.8. The van der Waals surface area contributed by atoms with Crippen molar-refractivity contribution >= 4 is 15.9 Å². The molecular formula is C16H15BrN4. The van der Waals surface area contributed by atoms with Crippen LogP contribution in [0.2, 0.25) is 0 Å². The fraction of sp³-hybridized carbons (Fsp3) is 0.188. The van der Waals surface area contributed by atoms with Gasteiger partial charge in [-0.3, -0.25) is 0 Å². The van der Waals surface area contributed by atoms with Crippen LogP contribution in [-0.2, 0) is 6.54 Å². The summed E-state index contributed by atoms with van der Waals surface area (Å²) in [7, 11) is 0. The summed E-state index contributed by atoms with van der Waals surface area (Å²) in [5, 5.41) is 12.7. The van der Waals surface area contributed by atoms with E-state index in [0.29, 0.717) is 12.4 Å². The predicted molar refractivity (Wildman–Crippen MR) is 86.0 cm³/mol. The van der Waals surface area contributed by atoms with E-state index in [-0.39, 0.29) is 0 Å². The van der Waals surface area contributed by atoms with Crippen LogP contribution >= 0.6 is 15.9 Å². The molecule has 2 aromatic carbocycles. The van der Waals surface area contributed by atoms with Crippen LogP contribution in [0.15, 0.2) is 46.9 Å². The van der Waals surface area contributed by atoms with Crippen molar-refractivity contribution in [2.24, 2.45) is 0 Å². The van der Waals surface area contributed by atoms with Crippen LogP contribution in [0.3, 0.4) is 0 Å². The molecule has 106 valence electrons. The van der Waals surface area contributed by atoms with Crippen LogP contribution in [0.5, 0.6) is 0 Å². The van der Waals surface area contributed by atoms with Gasteiger partial charge in [-0.15, -0.1) is 10.2 Å². The lowest BCUT2D eigenvalue weighted by Crippen LogP contribution is -2.05. The van der Waals surface area contributed by atoms with Gasteiger partial charge < -0.3 is 0 Å². The third-order valence-corrected chi connectivity index (χ3v) is 3.90. The van der Waals surface area contributed by atoms with Crippen LogP contribution in [-0.4, -0.2) is 20.2 Å². The van der Waals surface area contributed by atoms with Gasteiger partial charge in [0.15, 0.2) is 0 Å². The number of tetrazole rings is 1. The SMILES string of the molecule is Cc1ccc(C)c(Cn2nnc(-c3ccc(Br)cc3)n2)c1. The zero-order valence-electron chi connectivity index (χ0n) is 11.9. The molecule has 0 aliphatic heterocycles. The Morgan fingerprint density at radius 1 is 1.05 bits per heavy atom. The highest BCUT2D eigenvalue weighted by atomic mass is 79.9. The van der Waals surface area contributed by atoms with Gasteiger partial charge >= 0.3 is 0 Å². The van der Waals surface area contributed by atoms with Crippen molar-refractivity contribution in [3.63, 3.8) is 0 Å². The molecule has 0 unspecified atom stereocenters. The molecule has 0 radical (unpaired) electrons. The Morgan fingerprint density at radius 2 is 1.81 bits per heavy atom. The Morgan fingerprint density at radius 3 is 2.57 bits per heavy atom. The van der Waals surface area contributed by atoms with Crippen molar-refractivity contribution in [1.29, 1.82) is 0 Å². The Hall–Kier alpha value is -2.01. The van der Waals surface area contributed by atoms with Gasteiger partial charge in [0.1, 0.15) is 0 Å². The molecule has 0 saturated heterocycles. The van der Waals surface area contributed by atoms with E-state index in [0.717, 1.165) is 10.0 Å². The van der Waals surface area contributed by atoms with E-state index in [4.69, 9.17) is 0 Å². The second-order valence-corrected chi connectivity index (χ2v) is 6.00. The van der Waals surface area contributed by atoms with E-state index < -0.39 is 0 Å². The van der Waals surface area contributed by atoms with Gasteiger partial charge in [-0.25, -0.2) is 0 Å². The second-order valence-electron chi connectivity index (χ2n) is 5.08. The Kier molecular flexibility index (Phi) is 3.84.